The van der Waals surface area contributed by atoms with Crippen LogP contribution in [0.4, 0.5) is 5.69 Å². The molecule has 19 heavy (non-hydrogen) atoms. The number of nitrogens with two attached hydrogens (primary N) is 1. The Labute approximate surface area is 110 Å². The summed E-state index contributed by atoms with van der Waals surface area (Å²) in [6.07, 6.45) is 2.46. The van der Waals surface area contributed by atoms with Crippen LogP contribution < -0.4 is 10.5 Å². The molecule has 1 fully saturated rings. The number of anilines is 1. The van der Waals surface area contributed by atoms with Crippen molar-refractivity contribution >= 4 is 22.6 Å². The molecule has 100 valence electrons. The van der Waals surface area contributed by atoms with Crippen molar-refractivity contribution in [1.82, 2.24) is 4.98 Å². The summed E-state index contributed by atoms with van der Waals surface area (Å²) >= 11 is 0. The van der Waals surface area contributed by atoms with Gasteiger partial charge in [0.1, 0.15) is 11.4 Å². The number of nitrogen functional groups attached to an aromatic ring is 1. The number of methoxy groups -OCH3 is 1. The molecule has 1 aliphatic carbocycles. The molecule has 0 bridgehead atoms. The average molecular weight is 260 g/mol. The summed E-state index contributed by atoms with van der Waals surface area (Å²) in [4.78, 5) is 14.5. The first kappa shape index (κ1) is 11.9. The molecule has 1 heterocycles. The second kappa shape index (κ2) is 4.50. The van der Waals surface area contributed by atoms with Crippen molar-refractivity contribution in [2.75, 3.05) is 19.5 Å². The van der Waals surface area contributed by atoms with E-state index in [0.717, 1.165) is 10.9 Å². The molecular weight excluding hydrogens is 244 g/mol. The van der Waals surface area contributed by atoms with E-state index in [1.807, 2.05) is 0 Å². The lowest BCUT2D eigenvalue weighted by atomic mass is 10.2. The zero-order chi connectivity index (χ0) is 13.4. The van der Waals surface area contributed by atoms with E-state index in [1.54, 1.807) is 18.2 Å². The molecule has 0 saturated heterocycles. The molecule has 5 heteroatoms. The van der Waals surface area contributed by atoms with Gasteiger partial charge in [-0.3, -0.25) is 0 Å². The van der Waals surface area contributed by atoms with E-state index in [4.69, 9.17) is 15.2 Å². The van der Waals surface area contributed by atoms with Crippen molar-refractivity contribution < 1.29 is 14.3 Å². The highest BCUT2D eigenvalue weighted by Crippen LogP contribution is 2.33. The lowest BCUT2D eigenvalue weighted by Crippen LogP contribution is -2.00. The van der Waals surface area contributed by atoms with E-state index in [9.17, 15) is 4.79 Å². The molecule has 1 aromatic heterocycles. The lowest BCUT2D eigenvalue weighted by Gasteiger charge is -2.07. The Morgan fingerprint density at radius 3 is 2.89 bits per heavy atom. The zero-order valence-electron chi connectivity index (χ0n) is 10.7. The number of fused-ring (bicyclic) bond motifs is 1. The van der Waals surface area contributed by atoms with E-state index in [1.165, 1.54) is 20.0 Å². The molecule has 3 rings (SSSR count). The van der Waals surface area contributed by atoms with Crippen molar-refractivity contribution in [2.45, 2.75) is 12.8 Å². The molecule has 0 atom stereocenters. The molecular formula is C14H16N2O3. The minimum atomic E-state index is -0.400. The highest BCUT2D eigenvalue weighted by molar-refractivity contribution is 5.98. The molecule has 1 aliphatic rings. The number of nitrogens with one attached hydrogen (secondary N) is 1. The summed E-state index contributed by atoms with van der Waals surface area (Å²) in [6, 6.07) is 5.31. The third-order valence-electron chi connectivity index (χ3n) is 3.30. The molecule has 1 saturated carbocycles. The number of esters is 1. The number of H-pyrrole nitrogens is 1. The molecule has 2 aromatic rings. The fraction of sp³-hybridized carbons (Fsp3) is 0.357. The normalized spacial score (nSPS) is 14.6. The monoisotopic (exact) mass is 260 g/mol. The van der Waals surface area contributed by atoms with E-state index < -0.39 is 5.97 Å². The minimum Gasteiger partial charge on any atom is -0.493 e. The Hall–Kier alpha value is -2.17. The van der Waals surface area contributed by atoms with Gasteiger partial charge in [0, 0.05) is 17.1 Å². The van der Waals surface area contributed by atoms with Crippen LogP contribution in [0.1, 0.15) is 23.3 Å². The van der Waals surface area contributed by atoms with Crippen molar-refractivity contribution in [3.63, 3.8) is 0 Å². The van der Waals surface area contributed by atoms with Crippen LogP contribution >= 0.6 is 0 Å². The Bertz CT molecular complexity index is 629. The van der Waals surface area contributed by atoms with Crippen molar-refractivity contribution in [3.05, 3.63) is 23.9 Å². The predicted molar refractivity (Wildman–Crippen MR) is 72.3 cm³/mol. The number of aromatic amines is 1. The summed E-state index contributed by atoms with van der Waals surface area (Å²) in [5.74, 6) is 0.978. The average Bonchev–Trinajstić information content (AvgIpc) is 3.13. The van der Waals surface area contributed by atoms with Crippen LogP contribution in [0.2, 0.25) is 0 Å². The second-order valence-corrected chi connectivity index (χ2v) is 4.91. The van der Waals surface area contributed by atoms with Crippen LogP contribution in [0, 0.1) is 5.92 Å². The predicted octanol–water partition coefficient (Wildman–Crippen LogP) is 2.33. The Kier molecular flexibility index (Phi) is 2.81. The van der Waals surface area contributed by atoms with E-state index in [-0.39, 0.29) is 0 Å². The number of carbonyl (C=O) groups excluding carboxylic acids is 1. The van der Waals surface area contributed by atoms with Crippen molar-refractivity contribution in [3.8, 4) is 5.75 Å². The smallest absolute Gasteiger partial charge is 0.354 e. The number of ether oxygens (including phenoxy) is 2. The zero-order valence-corrected chi connectivity index (χ0v) is 10.7. The van der Waals surface area contributed by atoms with Crippen molar-refractivity contribution in [2.24, 2.45) is 5.92 Å². The molecule has 5 nitrogen and oxygen atoms in total. The maximum absolute atomic E-state index is 11.5. The van der Waals surface area contributed by atoms with Gasteiger partial charge in [0.25, 0.3) is 0 Å². The molecule has 0 aliphatic heterocycles. The summed E-state index contributed by atoms with van der Waals surface area (Å²) in [5.41, 5.74) is 7.64. The van der Waals surface area contributed by atoms with Gasteiger partial charge in [-0.05, 0) is 30.9 Å². The van der Waals surface area contributed by atoms with Crippen LogP contribution in [0.15, 0.2) is 18.2 Å². The fourth-order valence-electron chi connectivity index (χ4n) is 2.06. The lowest BCUT2D eigenvalue weighted by molar-refractivity contribution is 0.0595. The maximum Gasteiger partial charge on any atom is 0.354 e. The number of aromatic nitrogens is 1. The Morgan fingerprint density at radius 1 is 1.42 bits per heavy atom. The van der Waals surface area contributed by atoms with Gasteiger partial charge in [-0.1, -0.05) is 0 Å². The van der Waals surface area contributed by atoms with Gasteiger partial charge in [-0.15, -0.1) is 0 Å². The van der Waals surface area contributed by atoms with Crippen LogP contribution in [-0.4, -0.2) is 24.7 Å². The van der Waals surface area contributed by atoms with Gasteiger partial charge in [0.2, 0.25) is 0 Å². The summed E-state index contributed by atoms with van der Waals surface area (Å²) in [7, 11) is 1.35. The number of carbonyl (C=O) groups is 1. The van der Waals surface area contributed by atoms with Gasteiger partial charge in [-0.25, -0.2) is 4.79 Å². The number of rotatable bonds is 4. The van der Waals surface area contributed by atoms with Crippen LogP contribution in [0.25, 0.3) is 10.9 Å². The first-order valence-electron chi connectivity index (χ1n) is 6.30. The number of benzene rings is 1. The quantitative estimate of drug-likeness (QED) is 0.653. The van der Waals surface area contributed by atoms with Crippen LogP contribution in [0.5, 0.6) is 5.75 Å². The first-order valence-corrected chi connectivity index (χ1v) is 6.30. The highest BCUT2D eigenvalue weighted by atomic mass is 16.5. The molecule has 0 radical (unpaired) electrons. The standard InChI is InChI=1S/C14H16N2O3/c1-18-14(17)12-6-10-11(16-12)4-9(15)5-13(10)19-7-8-2-3-8/h4-6,8,16H,2-3,7,15H2,1H3. The van der Waals surface area contributed by atoms with Gasteiger partial charge >= 0.3 is 5.97 Å². The molecule has 3 N–H and O–H groups in total. The topological polar surface area (TPSA) is 77.3 Å². The summed E-state index contributed by atoms with van der Waals surface area (Å²) < 4.78 is 10.5. The van der Waals surface area contributed by atoms with Crippen LogP contribution in [-0.2, 0) is 4.74 Å². The molecule has 0 spiro atoms. The number of hydrogen-bond acceptors (Lipinski definition) is 4. The third kappa shape index (κ3) is 2.36. The largest absolute Gasteiger partial charge is 0.493 e. The summed E-state index contributed by atoms with van der Waals surface area (Å²) in [6.45, 7) is 0.706. The Morgan fingerprint density at radius 2 is 2.21 bits per heavy atom. The molecule has 0 unspecified atom stereocenters. The van der Waals surface area contributed by atoms with Gasteiger partial charge in [-0.2, -0.15) is 0 Å². The molecule has 1 aromatic carbocycles. The third-order valence-corrected chi connectivity index (χ3v) is 3.30. The van der Waals surface area contributed by atoms with Crippen LogP contribution in [0.3, 0.4) is 0 Å². The van der Waals surface area contributed by atoms with E-state index in [0.29, 0.717) is 29.7 Å². The molecule has 0 amide bonds. The van der Waals surface area contributed by atoms with Gasteiger partial charge in [0.15, 0.2) is 0 Å². The Balaban J connectivity index is 1.98. The maximum atomic E-state index is 11.5. The highest BCUT2D eigenvalue weighted by Gasteiger charge is 2.22. The minimum absolute atomic E-state index is 0.400. The van der Waals surface area contributed by atoms with E-state index in [2.05, 4.69) is 4.98 Å². The second-order valence-electron chi connectivity index (χ2n) is 4.91. The van der Waals surface area contributed by atoms with E-state index >= 15 is 0 Å². The summed E-state index contributed by atoms with van der Waals surface area (Å²) in [5, 5.41) is 0.857. The van der Waals surface area contributed by atoms with Gasteiger partial charge in [0.05, 0.1) is 19.2 Å². The van der Waals surface area contributed by atoms with Gasteiger partial charge < -0.3 is 20.2 Å². The number of hydrogen-bond donors (Lipinski definition) is 2. The van der Waals surface area contributed by atoms with Crippen molar-refractivity contribution in [1.29, 1.82) is 0 Å². The first-order chi connectivity index (χ1) is 9.17. The SMILES string of the molecule is COC(=O)c1cc2c(OCC3CC3)cc(N)cc2[nH]1. The fourth-order valence-corrected chi connectivity index (χ4v) is 2.06.